The smallest absolute Gasteiger partial charge is 0.220 e. The minimum Gasteiger partial charge on any atom is -0.356 e. The van der Waals surface area contributed by atoms with Gasteiger partial charge < -0.3 is 9.72 Å². The third-order valence-corrected chi connectivity index (χ3v) is 4.24. The largest absolute Gasteiger partial charge is 0.356 e. The van der Waals surface area contributed by atoms with E-state index in [2.05, 4.69) is 26.4 Å². The van der Waals surface area contributed by atoms with Gasteiger partial charge in [-0.15, -0.1) is 12.3 Å². The van der Waals surface area contributed by atoms with Gasteiger partial charge in [0.25, 0.3) is 0 Å². The lowest BCUT2D eigenvalue weighted by molar-refractivity contribution is -0.121. The van der Waals surface area contributed by atoms with E-state index < -0.39 is 0 Å². The van der Waals surface area contributed by atoms with Crippen molar-refractivity contribution < 1.29 is 4.79 Å². The number of carbonyl (C=O) groups is 1. The molecule has 0 radical (unpaired) electrons. The van der Waals surface area contributed by atoms with Gasteiger partial charge in [-0.1, -0.05) is 6.07 Å². The Morgan fingerprint density at radius 1 is 1.42 bits per heavy atom. The quantitative estimate of drug-likeness (QED) is 0.759. The van der Waals surface area contributed by atoms with Crippen molar-refractivity contribution in [3.8, 4) is 12.3 Å². The van der Waals surface area contributed by atoms with E-state index in [9.17, 15) is 4.79 Å². The predicted molar refractivity (Wildman–Crippen MR) is 91.5 cm³/mol. The minimum absolute atomic E-state index is 0.0207. The molecule has 3 heterocycles. The van der Waals surface area contributed by atoms with Crippen molar-refractivity contribution in [3.63, 3.8) is 0 Å². The number of fused-ring (bicyclic) bond motifs is 1. The first-order valence-corrected chi connectivity index (χ1v) is 8.19. The maximum atomic E-state index is 11.9. The van der Waals surface area contributed by atoms with Crippen LogP contribution >= 0.6 is 0 Å². The molecule has 0 aliphatic carbocycles. The third kappa shape index (κ3) is 3.80. The number of aryl methyl sites for hydroxylation is 1. The Bertz CT molecular complexity index is 808. The molecule has 2 aromatic heterocycles. The molecule has 0 unspecified atom stereocenters. The first-order valence-electron chi connectivity index (χ1n) is 8.19. The SMILES string of the molecule is C#CCCC1(CCC(=O)NCCc2cn3cccc(C)c3n2)N=N1. The Labute approximate surface area is 141 Å². The monoisotopic (exact) mass is 323 g/mol. The van der Waals surface area contributed by atoms with Crippen molar-refractivity contribution >= 4 is 11.6 Å². The lowest BCUT2D eigenvalue weighted by Crippen LogP contribution is -2.27. The predicted octanol–water partition coefficient (Wildman–Crippen LogP) is 2.66. The Hall–Kier alpha value is -2.68. The molecule has 0 saturated heterocycles. The van der Waals surface area contributed by atoms with Crippen molar-refractivity contribution in [1.82, 2.24) is 14.7 Å². The molecule has 6 nitrogen and oxygen atoms in total. The van der Waals surface area contributed by atoms with Crippen LogP contribution in [0, 0.1) is 19.3 Å². The number of nitrogens with one attached hydrogen (secondary N) is 1. The number of imidazole rings is 1. The molecular formula is C18H21N5O. The van der Waals surface area contributed by atoms with E-state index in [1.807, 2.05) is 35.9 Å². The van der Waals surface area contributed by atoms with Gasteiger partial charge in [0, 0.05) is 51.0 Å². The number of nitrogens with zero attached hydrogens (tertiary/aromatic N) is 4. The first-order chi connectivity index (χ1) is 11.6. The summed E-state index contributed by atoms with van der Waals surface area (Å²) < 4.78 is 2.01. The van der Waals surface area contributed by atoms with Crippen LogP contribution in [0.25, 0.3) is 5.65 Å². The van der Waals surface area contributed by atoms with Gasteiger partial charge in [0.15, 0.2) is 5.66 Å². The standard InChI is InChI=1S/C18H21N5O/c1-3-4-9-18(21-22-18)10-7-16(24)19-11-8-15-13-23-12-5-6-14(2)17(23)20-15/h1,5-6,12-13H,4,7-11H2,2H3,(H,19,24). The van der Waals surface area contributed by atoms with Gasteiger partial charge in [0.1, 0.15) is 5.65 Å². The van der Waals surface area contributed by atoms with Crippen LogP contribution in [0.4, 0.5) is 0 Å². The normalized spacial score (nSPS) is 14.5. The van der Waals surface area contributed by atoms with Gasteiger partial charge >= 0.3 is 0 Å². The molecule has 0 spiro atoms. The molecule has 124 valence electrons. The van der Waals surface area contributed by atoms with E-state index in [1.165, 1.54) is 0 Å². The second-order valence-corrected chi connectivity index (χ2v) is 6.14. The fourth-order valence-electron chi connectivity index (χ4n) is 2.73. The lowest BCUT2D eigenvalue weighted by atomic mass is 10.0. The Morgan fingerprint density at radius 3 is 2.96 bits per heavy atom. The summed E-state index contributed by atoms with van der Waals surface area (Å²) in [4.78, 5) is 16.5. The summed E-state index contributed by atoms with van der Waals surface area (Å²) in [7, 11) is 0. The molecule has 24 heavy (non-hydrogen) atoms. The number of carbonyl (C=O) groups excluding carboxylic acids is 1. The van der Waals surface area contributed by atoms with Crippen LogP contribution in [-0.2, 0) is 11.2 Å². The highest BCUT2D eigenvalue weighted by atomic mass is 16.1. The summed E-state index contributed by atoms with van der Waals surface area (Å²) >= 11 is 0. The van der Waals surface area contributed by atoms with Gasteiger partial charge in [0.2, 0.25) is 5.91 Å². The van der Waals surface area contributed by atoms with E-state index in [-0.39, 0.29) is 11.6 Å². The second kappa shape index (κ2) is 6.83. The summed E-state index contributed by atoms with van der Waals surface area (Å²) in [5, 5.41) is 11.0. The van der Waals surface area contributed by atoms with Crippen LogP contribution in [0.15, 0.2) is 34.8 Å². The van der Waals surface area contributed by atoms with Crippen LogP contribution in [-0.4, -0.2) is 27.5 Å². The summed E-state index contributed by atoms with van der Waals surface area (Å²) in [6, 6.07) is 4.04. The van der Waals surface area contributed by atoms with Gasteiger partial charge in [-0.2, -0.15) is 10.2 Å². The van der Waals surface area contributed by atoms with E-state index in [0.29, 0.717) is 32.2 Å². The zero-order chi connectivity index (χ0) is 17.0. The molecule has 0 fully saturated rings. The number of rotatable bonds is 8. The average molecular weight is 323 g/mol. The number of pyridine rings is 1. The molecule has 0 aromatic carbocycles. The van der Waals surface area contributed by atoms with Crippen LogP contribution < -0.4 is 5.32 Å². The summed E-state index contributed by atoms with van der Waals surface area (Å²) in [6.45, 7) is 2.62. The van der Waals surface area contributed by atoms with Crippen LogP contribution in [0.2, 0.25) is 0 Å². The number of hydrogen-bond acceptors (Lipinski definition) is 4. The molecule has 2 aromatic rings. The summed E-state index contributed by atoms with van der Waals surface area (Å²) in [5.74, 6) is 2.61. The fourth-order valence-corrected chi connectivity index (χ4v) is 2.73. The van der Waals surface area contributed by atoms with Crippen molar-refractivity contribution in [2.45, 2.75) is 44.7 Å². The van der Waals surface area contributed by atoms with E-state index in [1.54, 1.807) is 0 Å². The highest BCUT2D eigenvalue weighted by molar-refractivity contribution is 5.76. The topological polar surface area (TPSA) is 71.1 Å². The second-order valence-electron chi connectivity index (χ2n) is 6.14. The molecule has 0 atom stereocenters. The molecule has 1 amide bonds. The first kappa shape index (κ1) is 16.2. The van der Waals surface area contributed by atoms with Crippen molar-refractivity contribution in [1.29, 1.82) is 0 Å². The third-order valence-electron chi connectivity index (χ3n) is 4.24. The molecular weight excluding hydrogens is 302 g/mol. The summed E-state index contributed by atoms with van der Waals surface area (Å²) in [5.41, 5.74) is 2.69. The van der Waals surface area contributed by atoms with Gasteiger partial charge in [0.05, 0.1) is 5.69 Å². The maximum absolute atomic E-state index is 11.9. The minimum atomic E-state index is -0.386. The number of terminal acetylenes is 1. The van der Waals surface area contributed by atoms with Crippen LogP contribution in [0.1, 0.15) is 36.9 Å². The van der Waals surface area contributed by atoms with Crippen LogP contribution in [0.3, 0.4) is 0 Å². The van der Waals surface area contributed by atoms with Gasteiger partial charge in [-0.25, -0.2) is 4.98 Å². The zero-order valence-corrected chi connectivity index (χ0v) is 13.8. The lowest BCUT2D eigenvalue weighted by Gasteiger charge is -2.08. The molecule has 1 aliphatic rings. The number of hydrogen-bond donors (Lipinski definition) is 1. The van der Waals surface area contributed by atoms with Crippen molar-refractivity contribution in [3.05, 3.63) is 35.8 Å². The van der Waals surface area contributed by atoms with E-state index in [0.717, 1.165) is 23.3 Å². The van der Waals surface area contributed by atoms with E-state index >= 15 is 0 Å². The highest BCUT2D eigenvalue weighted by Crippen LogP contribution is 2.37. The number of amides is 1. The Balaban J connectivity index is 1.42. The average Bonchev–Trinajstić information content (AvgIpc) is 3.22. The van der Waals surface area contributed by atoms with E-state index in [4.69, 9.17) is 6.42 Å². The molecule has 6 heteroatoms. The maximum Gasteiger partial charge on any atom is 0.220 e. The molecule has 1 N–H and O–H groups in total. The molecule has 1 aliphatic heterocycles. The van der Waals surface area contributed by atoms with Gasteiger partial charge in [-0.3, -0.25) is 4.79 Å². The molecule has 0 saturated carbocycles. The van der Waals surface area contributed by atoms with Crippen molar-refractivity contribution in [2.75, 3.05) is 6.54 Å². The summed E-state index contributed by atoms with van der Waals surface area (Å²) in [6.07, 6.45) is 12.4. The highest BCUT2D eigenvalue weighted by Gasteiger charge is 2.39. The fraction of sp³-hybridized carbons (Fsp3) is 0.444. The molecule has 0 bridgehead atoms. The van der Waals surface area contributed by atoms with Gasteiger partial charge in [-0.05, 0) is 18.6 Å². The number of aromatic nitrogens is 2. The van der Waals surface area contributed by atoms with Crippen LogP contribution in [0.5, 0.6) is 0 Å². The zero-order valence-electron chi connectivity index (χ0n) is 13.8. The van der Waals surface area contributed by atoms with Crippen molar-refractivity contribution in [2.24, 2.45) is 10.2 Å². The molecule has 3 rings (SSSR count). The Morgan fingerprint density at radius 2 is 2.25 bits per heavy atom. The Kier molecular flexibility index (Phi) is 4.61.